The van der Waals surface area contributed by atoms with Crippen LogP contribution in [0.1, 0.15) is 72.8 Å². The highest BCUT2D eigenvalue weighted by molar-refractivity contribution is 7.90. The predicted molar refractivity (Wildman–Crippen MR) is 327 cm³/mol. The van der Waals surface area contributed by atoms with E-state index in [0.717, 1.165) is 16.1 Å². The Hall–Kier alpha value is -11.5. The normalized spacial score (nSPS) is 11.6. The lowest BCUT2D eigenvalue weighted by molar-refractivity contribution is 0.0877. The molecule has 0 bridgehead atoms. The number of imide groups is 2. The standard InChI is InChI=1S/C61H21N3O8S2.22H2/c1-4-6-8-10-12-14-16-18-20-22-40-62(41-23-21-19-17-15-13-11-9-7-5-2)74(71,72)45-30-26-43(27-31-45)64-60(67)52-38-34-48-46-32-36-50-56-51(59(66)63(58(50)65)42-24-28-44(29-25-42)73(3,69)70)37-33-47(54(46)56)49-35-39-53(61(64)68)57(52)55(48)49;;;;;;;;;;;;;;;;;;;;;;/h1-2,24-39H,3H3;22*1H. The molecule has 9 rings (SSSR count). The maximum Gasteiger partial charge on any atom is 0.282 e. The van der Waals surface area contributed by atoms with Crippen molar-refractivity contribution in [1.82, 2.24) is 4.31 Å². The average molecular weight is 1030 g/mol. The molecule has 0 aromatic heterocycles. The Kier molecular flexibility index (Phi) is 12.5. The summed E-state index contributed by atoms with van der Waals surface area (Å²) in [6.45, 7) is 0. The number of carbonyl (C=O) groups excluding carboxylic acids is 4. The molecular weight excluding hydrogens is 967 g/mol. The monoisotopic (exact) mass is 1030 g/mol. The largest absolute Gasteiger partial charge is 0.282 e. The van der Waals surface area contributed by atoms with Gasteiger partial charge in [0.25, 0.3) is 33.7 Å². The molecule has 384 valence electrons. The van der Waals surface area contributed by atoms with Crippen LogP contribution in [-0.2, 0) is 19.9 Å². The summed E-state index contributed by atoms with van der Waals surface area (Å²) in [6.07, 6.45) is 11.1. The first kappa shape index (κ1) is 47.6. The van der Waals surface area contributed by atoms with Gasteiger partial charge < -0.3 is 0 Å². The van der Waals surface area contributed by atoms with Crippen LogP contribution in [0.25, 0.3) is 43.1 Å². The molecule has 0 radical (unpaired) electrons. The molecule has 0 spiro atoms. The Morgan fingerprint density at radius 3 is 0.959 bits per heavy atom. The molecule has 0 saturated heterocycles. The van der Waals surface area contributed by atoms with Gasteiger partial charge in [0.15, 0.2) is 9.84 Å². The molecule has 4 amide bonds. The summed E-state index contributed by atoms with van der Waals surface area (Å²) in [6, 6.07) is 28.7. The molecule has 0 atom stereocenters. The summed E-state index contributed by atoms with van der Waals surface area (Å²) in [7, 11) is -8.06. The van der Waals surface area contributed by atoms with Gasteiger partial charge in [0, 0.05) is 130 Å². The zero-order chi connectivity index (χ0) is 52.1. The number of terminal acetylenes is 2. The Labute approximate surface area is 457 Å². The minimum absolute atomic E-state index is 0. The molecule has 7 aromatic rings. The zero-order valence-corrected chi connectivity index (χ0v) is 39.4. The van der Waals surface area contributed by atoms with Crippen molar-refractivity contribution < 1.29 is 67.4 Å². The lowest BCUT2D eigenvalue weighted by Gasteiger charge is -2.30. The van der Waals surface area contributed by atoms with Crippen LogP contribution in [-0.4, -0.2) is 51.0 Å². The van der Waals surface area contributed by atoms with Gasteiger partial charge >= 0.3 is 0 Å². The average Bonchev–Trinajstić information content (AvgIpc) is 0.694. The predicted octanol–water partition coefficient (Wildman–Crippen LogP) is 11.4. The van der Waals surface area contributed by atoms with E-state index in [1.807, 2.05) is 0 Å². The molecule has 2 heterocycles. The summed E-state index contributed by atoms with van der Waals surface area (Å²) < 4.78 is 52.6. The van der Waals surface area contributed by atoms with Crippen molar-refractivity contribution in [2.24, 2.45) is 0 Å². The highest BCUT2D eigenvalue weighted by Gasteiger charge is 2.38. The van der Waals surface area contributed by atoms with E-state index in [1.54, 1.807) is 48.5 Å². The van der Waals surface area contributed by atoms with E-state index in [1.165, 1.54) is 48.5 Å². The fraction of sp³-hybridized carbons (Fsp3) is 0.0164. The number of hydrogen-bond donors (Lipinski definition) is 0. The van der Waals surface area contributed by atoms with Crippen molar-refractivity contribution in [1.29, 1.82) is 0 Å². The first-order valence-corrected chi connectivity index (χ1v) is 24.5. The fourth-order valence-corrected chi connectivity index (χ4v) is 9.92. The molecular formula is C61H65N3O8S2. The van der Waals surface area contributed by atoms with Crippen LogP contribution < -0.4 is 9.80 Å². The highest BCUT2D eigenvalue weighted by atomic mass is 32.2. The second-order valence-corrected chi connectivity index (χ2v) is 19.1. The van der Waals surface area contributed by atoms with Gasteiger partial charge in [-0.2, -0.15) is 8.42 Å². The molecule has 13 heteroatoms. The summed E-state index contributed by atoms with van der Waals surface area (Å²) in [5.74, 6) is 44.8. The van der Waals surface area contributed by atoms with Crippen molar-refractivity contribution in [2.75, 3.05) is 16.1 Å². The van der Waals surface area contributed by atoms with Crippen LogP contribution in [0.4, 0.5) is 11.4 Å². The molecule has 0 aliphatic carbocycles. The number of nitrogens with zero attached hydrogens (tertiary/aromatic N) is 3. The maximum absolute atomic E-state index is 14.5. The maximum atomic E-state index is 14.5. The molecule has 7 aromatic carbocycles. The second kappa shape index (κ2) is 19.5. The van der Waals surface area contributed by atoms with Crippen LogP contribution in [0.5, 0.6) is 0 Å². The number of amides is 4. The second-order valence-electron chi connectivity index (χ2n) is 15.3. The topological polar surface area (TPSA) is 146 Å². The van der Waals surface area contributed by atoms with Gasteiger partial charge in [-0.3, -0.25) is 19.2 Å². The number of carbonyl (C=O) groups is 4. The molecule has 2 aliphatic heterocycles. The Balaban J connectivity index is -0.000000255. The van der Waals surface area contributed by atoms with Gasteiger partial charge in [-0.15, -0.1) is 17.2 Å². The first-order chi connectivity index (χ1) is 35.8. The molecule has 2 aliphatic rings. The minimum Gasteiger partial charge on any atom is -0.268 e. The fourth-order valence-electron chi connectivity index (χ4n) is 8.27. The van der Waals surface area contributed by atoms with Crippen molar-refractivity contribution in [3.8, 4) is 143 Å². The van der Waals surface area contributed by atoms with Gasteiger partial charge in [0.2, 0.25) is 0 Å². The molecule has 0 saturated carbocycles. The lowest BCUT2D eigenvalue weighted by Crippen LogP contribution is -2.40. The van der Waals surface area contributed by atoms with E-state index in [2.05, 4.69) is 130 Å². The minimum atomic E-state index is -4.53. The number of benzene rings is 7. The lowest BCUT2D eigenvalue weighted by atomic mass is 9.82. The summed E-state index contributed by atoms with van der Waals surface area (Å²) in [4.78, 5) is 59.0. The van der Waals surface area contributed by atoms with Gasteiger partial charge in [-0.25, -0.2) is 18.2 Å². The van der Waals surface area contributed by atoms with Crippen molar-refractivity contribution in [3.63, 3.8) is 0 Å². The number of fused-ring (bicyclic) bond motifs is 2. The van der Waals surface area contributed by atoms with E-state index in [4.69, 9.17) is 12.8 Å². The Morgan fingerprint density at radius 1 is 0.378 bits per heavy atom. The number of sulfone groups is 1. The SMILES string of the molecule is C#CC#CC#CC#CC#CC#CN(C#CC#CC#CC#CC#CC#C)S(=O)(=O)c1ccc(N2C(=O)c3ccc4c5ccc6c7c(ccc(c8ccc(c3c48)C2=O)c75)C(=O)N(c2ccc(S(C)(=O)=O)cc2)C6=O)cc1.[HH].[HH].[HH].[HH].[HH].[HH].[HH].[HH].[HH].[HH].[HH].[HH].[HH].[HH].[HH].[HH].[HH].[HH].[HH].[HH].[HH].[HH]. The summed E-state index contributed by atoms with van der Waals surface area (Å²) in [5.41, 5.74) is 1.21. The first-order valence-electron chi connectivity index (χ1n) is 21.1. The highest BCUT2D eigenvalue weighted by Crippen LogP contribution is 2.47. The van der Waals surface area contributed by atoms with Crippen LogP contribution in [0.3, 0.4) is 0 Å². The van der Waals surface area contributed by atoms with Crippen LogP contribution >= 0.6 is 0 Å². The number of hydrogen-bond acceptors (Lipinski definition) is 8. The van der Waals surface area contributed by atoms with Crippen LogP contribution in [0, 0.1) is 143 Å². The number of rotatable bonds is 5. The number of sulfonamides is 1. The zero-order valence-electron chi connectivity index (χ0n) is 37.8. The quantitative estimate of drug-likeness (QED) is 0.0544. The molecule has 74 heavy (non-hydrogen) atoms. The smallest absolute Gasteiger partial charge is 0.268 e. The third-order valence-corrected chi connectivity index (χ3v) is 13.9. The molecule has 0 unspecified atom stereocenters. The number of anilines is 2. The third kappa shape index (κ3) is 8.54. The van der Waals surface area contributed by atoms with E-state index in [-0.39, 0.29) is 74.8 Å². The van der Waals surface area contributed by atoms with Crippen LogP contribution in [0.15, 0.2) is 107 Å². The summed E-state index contributed by atoms with van der Waals surface area (Å²) >= 11 is 0. The van der Waals surface area contributed by atoms with Crippen molar-refractivity contribution in [3.05, 3.63) is 119 Å². The van der Waals surface area contributed by atoms with Crippen molar-refractivity contribution in [2.45, 2.75) is 9.79 Å². The van der Waals surface area contributed by atoms with Crippen molar-refractivity contribution >= 4 is 98.0 Å². The van der Waals surface area contributed by atoms with Gasteiger partial charge in [0.1, 0.15) is 0 Å². The van der Waals surface area contributed by atoms with Gasteiger partial charge in [-0.1, -0.05) is 24.3 Å². The Bertz CT molecular complexity index is 4670. The van der Waals surface area contributed by atoms with Gasteiger partial charge in [0.05, 0.1) is 33.3 Å². The summed E-state index contributed by atoms with van der Waals surface area (Å²) in [5, 5.41) is 4.80. The van der Waals surface area contributed by atoms with E-state index in [0.29, 0.717) is 47.4 Å². The third-order valence-electron chi connectivity index (χ3n) is 11.3. The Morgan fingerprint density at radius 2 is 0.662 bits per heavy atom. The van der Waals surface area contributed by atoms with E-state index >= 15 is 0 Å². The van der Waals surface area contributed by atoms with E-state index in [9.17, 15) is 36.0 Å². The molecule has 11 nitrogen and oxygen atoms in total. The molecule has 0 fully saturated rings. The van der Waals surface area contributed by atoms with Gasteiger partial charge in [-0.05, 0) is 164 Å². The molecule has 0 N–H and O–H groups in total. The van der Waals surface area contributed by atoms with Crippen LogP contribution in [0.2, 0.25) is 0 Å². The van der Waals surface area contributed by atoms with E-state index < -0.39 is 43.5 Å².